The lowest BCUT2D eigenvalue weighted by Crippen LogP contribution is -2.06. The van der Waals surface area contributed by atoms with Crippen LogP contribution < -0.4 is 10.6 Å². The van der Waals surface area contributed by atoms with E-state index in [0.717, 1.165) is 6.07 Å². The van der Waals surface area contributed by atoms with Gasteiger partial charge in [-0.1, -0.05) is 6.07 Å². The van der Waals surface area contributed by atoms with Crippen LogP contribution in [0.2, 0.25) is 0 Å². The lowest BCUT2D eigenvalue weighted by atomic mass is 10.1. The molecule has 0 aliphatic rings. The Morgan fingerprint density at radius 1 is 0.864 bits per heavy atom. The van der Waals surface area contributed by atoms with Crippen molar-refractivity contribution in [1.82, 2.24) is 0 Å². The van der Waals surface area contributed by atoms with Gasteiger partial charge in [0.1, 0.15) is 4.90 Å². The van der Waals surface area contributed by atoms with E-state index in [1.807, 2.05) is 0 Å². The van der Waals surface area contributed by atoms with E-state index in [9.17, 15) is 25.9 Å². The molecular weight excluding hydrogens is 332 g/mol. The predicted octanol–water partition coefficient (Wildman–Crippen LogP) is 1.42. The molecule has 0 saturated heterocycles. The van der Waals surface area contributed by atoms with Gasteiger partial charge in [0.05, 0.1) is 16.3 Å². The van der Waals surface area contributed by atoms with E-state index < -0.39 is 30.0 Å². The maximum Gasteiger partial charge on any atom is 0.295 e. The second-order valence-electron chi connectivity index (χ2n) is 4.45. The highest BCUT2D eigenvalue weighted by atomic mass is 32.2. The molecule has 0 bridgehead atoms. The van der Waals surface area contributed by atoms with Crippen molar-refractivity contribution in [1.29, 1.82) is 0 Å². The fourth-order valence-electron chi connectivity index (χ4n) is 2.22. The number of hydrogen-bond donors (Lipinski definition) is 4. The van der Waals surface area contributed by atoms with Gasteiger partial charge in [0.15, 0.2) is 0 Å². The van der Waals surface area contributed by atoms with Crippen molar-refractivity contribution in [2.45, 2.75) is 9.79 Å². The quantitative estimate of drug-likeness (QED) is 0.611. The molecule has 2 aromatic rings. The molecule has 0 aromatic heterocycles. The van der Waals surface area contributed by atoms with Gasteiger partial charge in [-0.15, -0.1) is 0 Å². The summed E-state index contributed by atoms with van der Waals surface area (Å²) in [4.78, 5) is -1.23. The van der Waals surface area contributed by atoms with E-state index >= 15 is 0 Å². The Morgan fingerprint density at radius 2 is 1.50 bits per heavy atom. The van der Waals surface area contributed by atoms with Crippen molar-refractivity contribution in [2.24, 2.45) is 0 Å². The highest BCUT2D eigenvalue weighted by molar-refractivity contribution is 7.86. The summed E-state index contributed by atoms with van der Waals surface area (Å²) in [6.07, 6.45) is 0. The molecule has 2 aromatic carbocycles. The second-order valence-corrected chi connectivity index (χ2v) is 7.27. The molecule has 120 valence electrons. The van der Waals surface area contributed by atoms with Crippen LogP contribution in [0.25, 0.3) is 10.8 Å². The topological polar surface area (TPSA) is 133 Å². The normalized spacial score (nSPS) is 12.4. The first-order valence-corrected chi connectivity index (χ1v) is 8.89. The van der Waals surface area contributed by atoms with Crippen LogP contribution in [0.4, 0.5) is 11.4 Å². The van der Waals surface area contributed by atoms with Gasteiger partial charge >= 0.3 is 0 Å². The van der Waals surface area contributed by atoms with Gasteiger partial charge in [-0.05, 0) is 18.2 Å². The number of hydrogen-bond acceptors (Lipinski definition) is 6. The summed E-state index contributed by atoms with van der Waals surface area (Å²) in [5.74, 6) is 0. The highest BCUT2D eigenvalue weighted by Gasteiger charge is 2.22. The zero-order valence-electron chi connectivity index (χ0n) is 11.7. The Labute approximate surface area is 127 Å². The second kappa shape index (κ2) is 5.39. The molecule has 0 atom stereocenters. The molecule has 10 heteroatoms. The molecule has 8 nitrogen and oxygen atoms in total. The third kappa shape index (κ3) is 2.86. The van der Waals surface area contributed by atoms with Gasteiger partial charge in [-0.2, -0.15) is 16.8 Å². The Balaban J connectivity index is 3.08. The van der Waals surface area contributed by atoms with Gasteiger partial charge in [0.2, 0.25) is 0 Å². The van der Waals surface area contributed by atoms with E-state index in [0.29, 0.717) is 17.4 Å². The van der Waals surface area contributed by atoms with Crippen LogP contribution in [0, 0.1) is 0 Å². The first-order chi connectivity index (χ1) is 10.1. The predicted molar refractivity (Wildman–Crippen MR) is 82.7 cm³/mol. The standard InChI is InChI=1S/C12H14N2O6S2/c1-13-10-4-3-8-9(12(10)14-2)5-7(21(15,16)17)6-11(8)22(18,19)20/h3-6,13-14H,1-2H3,(H,15,16,17)(H,18,19,20). The SMILES string of the molecule is CNc1ccc2c(S(=O)(=O)O)cc(S(=O)(=O)O)cc2c1NC. The lowest BCUT2D eigenvalue weighted by molar-refractivity contribution is 0.482. The fraction of sp³-hybridized carbons (Fsp3) is 0.167. The smallest absolute Gasteiger partial charge is 0.295 e. The zero-order valence-corrected chi connectivity index (χ0v) is 13.3. The maximum absolute atomic E-state index is 11.5. The Bertz CT molecular complexity index is 951. The molecule has 22 heavy (non-hydrogen) atoms. The van der Waals surface area contributed by atoms with Gasteiger partial charge < -0.3 is 10.6 Å². The van der Waals surface area contributed by atoms with Crippen LogP contribution in [-0.4, -0.2) is 40.0 Å². The number of nitrogens with one attached hydrogen (secondary N) is 2. The molecule has 0 spiro atoms. The van der Waals surface area contributed by atoms with Crippen molar-refractivity contribution >= 4 is 42.4 Å². The summed E-state index contributed by atoms with van der Waals surface area (Å²) in [5.41, 5.74) is 1.01. The molecule has 0 aliphatic heterocycles. The van der Waals surface area contributed by atoms with Crippen LogP contribution in [0.3, 0.4) is 0 Å². The van der Waals surface area contributed by atoms with Crippen molar-refractivity contribution < 1.29 is 25.9 Å². The largest absolute Gasteiger partial charge is 0.386 e. The number of rotatable bonds is 4. The van der Waals surface area contributed by atoms with E-state index in [1.165, 1.54) is 6.07 Å². The number of fused-ring (bicyclic) bond motifs is 1. The molecule has 0 fully saturated rings. The minimum atomic E-state index is -4.68. The summed E-state index contributed by atoms with van der Waals surface area (Å²) < 4.78 is 64.3. The fourth-order valence-corrected chi connectivity index (χ4v) is 3.56. The van der Waals surface area contributed by atoms with Crippen molar-refractivity contribution in [2.75, 3.05) is 24.7 Å². The first kappa shape index (κ1) is 16.5. The molecule has 0 amide bonds. The molecule has 0 aliphatic carbocycles. The summed E-state index contributed by atoms with van der Waals surface area (Å²) in [7, 11) is -6.12. The van der Waals surface area contributed by atoms with Gasteiger partial charge in [0, 0.05) is 24.9 Å². The van der Waals surface area contributed by atoms with Gasteiger partial charge in [-0.25, -0.2) is 0 Å². The average molecular weight is 346 g/mol. The molecule has 0 radical (unpaired) electrons. The van der Waals surface area contributed by atoms with E-state index in [2.05, 4.69) is 10.6 Å². The van der Waals surface area contributed by atoms with Crippen molar-refractivity contribution in [3.8, 4) is 0 Å². The summed E-state index contributed by atoms with van der Waals surface area (Å²) in [6.45, 7) is 0. The van der Waals surface area contributed by atoms with Crippen LogP contribution in [-0.2, 0) is 20.2 Å². The van der Waals surface area contributed by atoms with Gasteiger partial charge in [-0.3, -0.25) is 9.11 Å². The third-order valence-electron chi connectivity index (χ3n) is 3.17. The molecule has 0 unspecified atom stereocenters. The molecule has 0 heterocycles. The van der Waals surface area contributed by atoms with E-state index in [1.54, 1.807) is 20.2 Å². The lowest BCUT2D eigenvalue weighted by Gasteiger charge is -2.14. The van der Waals surface area contributed by atoms with Crippen LogP contribution in [0.15, 0.2) is 34.1 Å². The average Bonchev–Trinajstić information content (AvgIpc) is 2.42. The molecule has 0 saturated carbocycles. The minimum Gasteiger partial charge on any atom is -0.386 e. The highest BCUT2D eigenvalue weighted by Crippen LogP contribution is 2.36. The van der Waals surface area contributed by atoms with Crippen molar-refractivity contribution in [3.63, 3.8) is 0 Å². The van der Waals surface area contributed by atoms with E-state index in [-0.39, 0.29) is 10.8 Å². The number of anilines is 2. The summed E-state index contributed by atoms with van der Waals surface area (Å²) in [5, 5.41) is 6.04. The zero-order chi connectivity index (χ0) is 16.7. The first-order valence-electron chi connectivity index (χ1n) is 6.01. The summed E-state index contributed by atoms with van der Waals surface area (Å²) in [6, 6.07) is 4.85. The minimum absolute atomic E-state index is 0.123. The molecule has 4 N–H and O–H groups in total. The molecular formula is C12H14N2O6S2. The maximum atomic E-state index is 11.5. The van der Waals surface area contributed by atoms with Crippen LogP contribution >= 0.6 is 0 Å². The third-order valence-corrected chi connectivity index (χ3v) is 4.89. The molecule has 2 rings (SSSR count). The van der Waals surface area contributed by atoms with Crippen LogP contribution in [0.5, 0.6) is 0 Å². The van der Waals surface area contributed by atoms with Crippen LogP contribution in [0.1, 0.15) is 0 Å². The monoisotopic (exact) mass is 346 g/mol. The summed E-state index contributed by atoms with van der Waals surface area (Å²) >= 11 is 0. The Hall–Kier alpha value is -1.88. The number of benzene rings is 2. The van der Waals surface area contributed by atoms with Crippen molar-refractivity contribution in [3.05, 3.63) is 24.3 Å². The van der Waals surface area contributed by atoms with E-state index in [4.69, 9.17) is 0 Å². The van der Waals surface area contributed by atoms with Gasteiger partial charge in [0.25, 0.3) is 20.2 Å². The Morgan fingerprint density at radius 3 is 1.95 bits per heavy atom. The Kier molecular flexibility index (Phi) is 4.04.